The van der Waals surface area contributed by atoms with E-state index in [-0.39, 0.29) is 17.1 Å². The third-order valence-electron chi connectivity index (χ3n) is 5.63. The molecule has 0 radical (unpaired) electrons. The van der Waals surface area contributed by atoms with Crippen molar-refractivity contribution < 1.29 is 22.7 Å². The van der Waals surface area contributed by atoms with E-state index in [1.165, 1.54) is 29.2 Å². The van der Waals surface area contributed by atoms with E-state index in [1.807, 2.05) is 18.4 Å². The summed E-state index contributed by atoms with van der Waals surface area (Å²) in [5.74, 6) is -1.64. The Bertz CT molecular complexity index is 1350. The molecular formula is C26H22BrF3N2O2. The quantitative estimate of drug-likeness (QED) is 0.260. The molecule has 0 aliphatic rings. The van der Waals surface area contributed by atoms with Crippen LogP contribution < -0.4 is 4.74 Å². The molecule has 0 N–H and O–H groups in total. The summed E-state index contributed by atoms with van der Waals surface area (Å²) in [7, 11) is 0. The molecule has 1 amide bonds. The number of ether oxygens (including phenoxy) is 1. The average molecular weight is 531 g/mol. The van der Waals surface area contributed by atoms with E-state index < -0.39 is 17.7 Å². The van der Waals surface area contributed by atoms with Gasteiger partial charge < -0.3 is 14.2 Å². The summed E-state index contributed by atoms with van der Waals surface area (Å²) in [6.45, 7) is 4.95. The number of halogens is 4. The first-order valence-electron chi connectivity index (χ1n) is 10.8. The maximum atomic E-state index is 14.1. The molecule has 8 heteroatoms. The summed E-state index contributed by atoms with van der Waals surface area (Å²) in [4.78, 5) is 14.2. The first kappa shape index (κ1) is 23.9. The Morgan fingerprint density at radius 2 is 1.65 bits per heavy atom. The lowest BCUT2D eigenvalue weighted by atomic mass is 10.00. The van der Waals surface area contributed by atoms with Gasteiger partial charge in [0.05, 0.1) is 0 Å². The molecule has 0 saturated heterocycles. The summed E-state index contributed by atoms with van der Waals surface area (Å²) in [5.41, 5.74) is 2.11. The summed E-state index contributed by atoms with van der Waals surface area (Å²) >= 11 is 3.45. The van der Waals surface area contributed by atoms with Gasteiger partial charge >= 0.3 is 6.09 Å². The molecule has 0 bridgehead atoms. The second-order valence-corrected chi connectivity index (χ2v) is 8.60. The number of nitrogens with zero attached hydrogens (tertiary/aromatic N) is 2. The summed E-state index contributed by atoms with van der Waals surface area (Å²) in [6, 6.07) is 12.8. The summed E-state index contributed by atoms with van der Waals surface area (Å²) in [6.07, 6.45) is 1.25. The third-order valence-corrected chi connectivity index (χ3v) is 6.41. The van der Waals surface area contributed by atoms with Gasteiger partial charge in [-0.1, -0.05) is 15.9 Å². The highest BCUT2D eigenvalue weighted by Gasteiger charge is 2.20. The number of fused-ring (bicyclic) bond motifs is 1. The Morgan fingerprint density at radius 3 is 2.32 bits per heavy atom. The average Bonchev–Trinajstić information content (AvgIpc) is 3.19. The highest BCUT2D eigenvalue weighted by atomic mass is 79.9. The maximum Gasteiger partial charge on any atom is 0.415 e. The first-order valence-corrected chi connectivity index (χ1v) is 11.6. The van der Waals surface area contributed by atoms with E-state index in [2.05, 4.69) is 15.9 Å². The monoisotopic (exact) mass is 530 g/mol. The largest absolute Gasteiger partial charge is 0.415 e. The third kappa shape index (κ3) is 4.82. The van der Waals surface area contributed by atoms with Crippen LogP contribution in [0, 0.1) is 17.5 Å². The Labute approximate surface area is 203 Å². The zero-order chi connectivity index (χ0) is 24.4. The molecule has 0 unspecified atom stereocenters. The van der Waals surface area contributed by atoms with Gasteiger partial charge in [0, 0.05) is 52.8 Å². The van der Waals surface area contributed by atoms with E-state index in [4.69, 9.17) is 4.74 Å². The number of amides is 1. The minimum atomic E-state index is -0.740. The van der Waals surface area contributed by atoms with Crippen molar-refractivity contribution in [1.82, 2.24) is 9.47 Å². The number of rotatable bonds is 6. The van der Waals surface area contributed by atoms with Crippen LogP contribution in [0.4, 0.5) is 18.0 Å². The van der Waals surface area contributed by atoms with E-state index in [0.717, 1.165) is 21.6 Å². The highest BCUT2D eigenvalue weighted by Crippen LogP contribution is 2.39. The van der Waals surface area contributed by atoms with E-state index in [1.54, 1.807) is 30.5 Å². The van der Waals surface area contributed by atoms with Crippen LogP contribution in [0.15, 0.2) is 65.3 Å². The summed E-state index contributed by atoms with van der Waals surface area (Å²) in [5, 5.41) is 0.641. The van der Waals surface area contributed by atoms with Crippen LogP contribution in [-0.4, -0.2) is 28.6 Å². The molecule has 1 heterocycles. The zero-order valence-corrected chi connectivity index (χ0v) is 20.2. The minimum absolute atomic E-state index is 0.194. The van der Waals surface area contributed by atoms with Crippen molar-refractivity contribution in [3.8, 4) is 16.9 Å². The number of benzene rings is 3. The van der Waals surface area contributed by atoms with Gasteiger partial charge in [-0.3, -0.25) is 0 Å². The number of aromatic nitrogens is 1. The predicted octanol–water partition coefficient (Wildman–Crippen LogP) is 7.38. The van der Waals surface area contributed by atoms with Gasteiger partial charge in [0.2, 0.25) is 0 Å². The Morgan fingerprint density at radius 1 is 0.941 bits per heavy atom. The fourth-order valence-corrected chi connectivity index (χ4v) is 4.33. The lowest BCUT2D eigenvalue weighted by Gasteiger charge is -2.20. The minimum Gasteiger partial charge on any atom is -0.410 e. The first-order chi connectivity index (χ1) is 16.3. The number of carbonyl (C=O) groups excluding carboxylic acids is 1. The summed E-state index contributed by atoms with van der Waals surface area (Å²) < 4.78 is 50.4. The van der Waals surface area contributed by atoms with Crippen LogP contribution in [0.25, 0.3) is 22.0 Å². The molecule has 0 spiro atoms. The van der Waals surface area contributed by atoms with Gasteiger partial charge in [-0.2, -0.15) is 0 Å². The molecule has 0 aliphatic heterocycles. The molecule has 1 aromatic heterocycles. The molecular weight excluding hydrogens is 509 g/mol. The van der Waals surface area contributed by atoms with Gasteiger partial charge in [0.1, 0.15) is 23.2 Å². The molecule has 3 aromatic carbocycles. The fourth-order valence-electron chi connectivity index (χ4n) is 3.96. The Hall–Kier alpha value is -3.26. The lowest BCUT2D eigenvalue weighted by molar-refractivity contribution is 0.157. The molecule has 0 saturated carbocycles. The van der Waals surface area contributed by atoms with Crippen LogP contribution in [0.2, 0.25) is 0 Å². The maximum absolute atomic E-state index is 14.1. The van der Waals surface area contributed by atoms with Gasteiger partial charge in [0.25, 0.3) is 0 Å². The SMILES string of the molecule is CCN(CC)C(=O)Oc1ccc2c(ccn2Cc2cc(F)ccc2Br)c1-c1cc(F)cc(F)c1. The van der Waals surface area contributed by atoms with Crippen LogP contribution in [0.3, 0.4) is 0 Å². The molecule has 0 fully saturated rings. The number of carbonyl (C=O) groups is 1. The van der Waals surface area contributed by atoms with Gasteiger partial charge in [-0.05, 0) is 73.5 Å². The van der Waals surface area contributed by atoms with Crippen molar-refractivity contribution in [3.63, 3.8) is 0 Å². The predicted molar refractivity (Wildman–Crippen MR) is 129 cm³/mol. The Balaban J connectivity index is 1.86. The normalized spacial score (nSPS) is 11.1. The Kier molecular flexibility index (Phi) is 6.97. The molecule has 4 aromatic rings. The van der Waals surface area contributed by atoms with Crippen LogP contribution in [0.1, 0.15) is 19.4 Å². The van der Waals surface area contributed by atoms with Crippen molar-refractivity contribution in [2.75, 3.05) is 13.1 Å². The van der Waals surface area contributed by atoms with E-state index in [0.29, 0.717) is 30.6 Å². The van der Waals surface area contributed by atoms with Crippen molar-refractivity contribution >= 4 is 32.9 Å². The smallest absolute Gasteiger partial charge is 0.410 e. The lowest BCUT2D eigenvalue weighted by Crippen LogP contribution is -2.33. The molecule has 176 valence electrons. The van der Waals surface area contributed by atoms with Crippen molar-refractivity contribution in [1.29, 1.82) is 0 Å². The van der Waals surface area contributed by atoms with Crippen molar-refractivity contribution in [3.05, 3.63) is 88.3 Å². The van der Waals surface area contributed by atoms with Crippen molar-refractivity contribution in [2.45, 2.75) is 20.4 Å². The standard InChI is InChI=1S/C26H22BrF3N2O2/c1-3-31(4-2)26(33)34-24-8-7-23-21(25(24)16-11-19(29)14-20(30)12-16)9-10-32(23)15-17-13-18(28)5-6-22(17)27/h5-14H,3-4,15H2,1-2H3. The van der Waals surface area contributed by atoms with Gasteiger partial charge in [-0.25, -0.2) is 18.0 Å². The van der Waals surface area contributed by atoms with Crippen LogP contribution in [0.5, 0.6) is 5.75 Å². The topological polar surface area (TPSA) is 34.5 Å². The second-order valence-electron chi connectivity index (χ2n) is 7.75. The van der Waals surface area contributed by atoms with E-state index >= 15 is 0 Å². The van der Waals surface area contributed by atoms with Crippen LogP contribution >= 0.6 is 15.9 Å². The van der Waals surface area contributed by atoms with Gasteiger partial charge in [0.15, 0.2) is 0 Å². The molecule has 34 heavy (non-hydrogen) atoms. The number of hydrogen-bond acceptors (Lipinski definition) is 2. The molecule has 0 atom stereocenters. The molecule has 4 nitrogen and oxygen atoms in total. The van der Waals surface area contributed by atoms with Crippen LogP contribution in [-0.2, 0) is 6.54 Å². The zero-order valence-electron chi connectivity index (χ0n) is 18.6. The fraction of sp³-hybridized carbons (Fsp3) is 0.192. The van der Waals surface area contributed by atoms with Gasteiger partial charge in [-0.15, -0.1) is 0 Å². The van der Waals surface area contributed by atoms with Crippen molar-refractivity contribution in [2.24, 2.45) is 0 Å². The van der Waals surface area contributed by atoms with E-state index in [9.17, 15) is 18.0 Å². The molecule has 4 rings (SSSR count). The molecule has 0 aliphatic carbocycles. The number of hydrogen-bond donors (Lipinski definition) is 0. The second kappa shape index (κ2) is 9.93. The highest BCUT2D eigenvalue weighted by molar-refractivity contribution is 9.10.